The molecule has 2 aliphatic rings. The van der Waals surface area contributed by atoms with Gasteiger partial charge in [-0.1, -0.05) is 46.8 Å². The van der Waals surface area contributed by atoms with E-state index < -0.39 is 112 Å². The molecular weight excluding hydrogens is 1000 g/mol. The molecule has 2 saturated heterocycles. The first-order chi connectivity index (χ1) is 35.4. The summed E-state index contributed by atoms with van der Waals surface area (Å²) in [7, 11) is 0. The van der Waals surface area contributed by atoms with E-state index in [4.69, 9.17) is 22.3 Å². The van der Waals surface area contributed by atoms with E-state index in [2.05, 4.69) is 55.2 Å². The van der Waals surface area contributed by atoms with Gasteiger partial charge in [-0.25, -0.2) is 4.79 Å². The Kier molecular flexibility index (Phi) is 24.1. The number of hydrogen-bond donors (Lipinski definition) is 15. The number of phenols is 1. The molecule has 1 aromatic rings. The average Bonchev–Trinajstić information content (AvgIpc) is 4.02. The molecule has 0 radical (unpaired) electrons. The fraction of sp³-hybridized carbons (Fsp3) is 0.660. The number of likely N-dealkylation sites (tertiary alicyclic amines) is 2. The van der Waals surface area contributed by atoms with Crippen molar-refractivity contribution in [3.63, 3.8) is 0 Å². The summed E-state index contributed by atoms with van der Waals surface area (Å²) in [4.78, 5) is 127. The molecule has 3 rings (SSSR count). The summed E-state index contributed by atoms with van der Waals surface area (Å²) in [5, 5.41) is 56.3. The van der Waals surface area contributed by atoms with Crippen LogP contribution in [0, 0.1) is 22.2 Å². The quantitative estimate of drug-likeness (QED) is 0.0223. The Morgan fingerprint density at radius 1 is 0.671 bits per heavy atom. The molecule has 2 heterocycles. The minimum absolute atomic E-state index is 0.0291. The number of amides is 8. The Morgan fingerprint density at radius 3 is 1.58 bits per heavy atom. The Bertz CT molecular complexity index is 2250. The van der Waals surface area contributed by atoms with E-state index in [1.807, 2.05) is 13.8 Å². The minimum atomic E-state index is -1.44. The van der Waals surface area contributed by atoms with E-state index in [0.29, 0.717) is 24.8 Å². The fourth-order valence-corrected chi connectivity index (χ4v) is 9.23. The fourth-order valence-electron chi connectivity index (χ4n) is 9.05. The zero-order chi connectivity index (χ0) is 57.2. The van der Waals surface area contributed by atoms with Crippen LogP contribution >= 0.6 is 12.6 Å². The van der Waals surface area contributed by atoms with E-state index in [1.54, 1.807) is 34.6 Å². The van der Waals surface area contributed by atoms with Crippen LogP contribution in [0.15, 0.2) is 24.3 Å². The van der Waals surface area contributed by atoms with Crippen LogP contribution in [-0.2, 0) is 49.6 Å². The molecule has 25 nitrogen and oxygen atoms in total. The summed E-state index contributed by atoms with van der Waals surface area (Å²) in [5.74, 6) is -7.34. The third kappa shape index (κ3) is 20.0. The number of benzene rings is 1. The van der Waals surface area contributed by atoms with Crippen LogP contribution in [0.1, 0.15) is 119 Å². The van der Waals surface area contributed by atoms with Crippen molar-refractivity contribution in [2.24, 2.45) is 22.8 Å². The number of thiol groups is 1. The number of rotatable bonds is 27. The molecule has 0 saturated carbocycles. The molecule has 8 amide bonds. The summed E-state index contributed by atoms with van der Waals surface area (Å²) in [6.07, 6.45) is 1.77. The average molecular weight is 1090 g/mol. The van der Waals surface area contributed by atoms with Crippen molar-refractivity contribution in [2.75, 3.05) is 26.2 Å². The summed E-state index contributed by atoms with van der Waals surface area (Å²) in [5.41, 5.74) is 10.4. The first kappa shape index (κ1) is 63.4. The molecule has 0 aromatic heterocycles. The number of nitrogens with one attached hydrogen (secondary N) is 10. The normalized spacial score (nSPS) is 17.9. The first-order valence-corrected chi connectivity index (χ1v) is 26.1. The van der Waals surface area contributed by atoms with Crippen LogP contribution < -0.4 is 54.0 Å². The summed E-state index contributed by atoms with van der Waals surface area (Å²) in [6, 6.07) is -3.88. The van der Waals surface area contributed by atoms with E-state index in [9.17, 15) is 53.4 Å². The van der Waals surface area contributed by atoms with Gasteiger partial charge in [-0.15, -0.1) is 0 Å². The van der Waals surface area contributed by atoms with Crippen LogP contribution in [0.3, 0.4) is 0 Å². The second-order valence-electron chi connectivity index (χ2n) is 21.5. The van der Waals surface area contributed by atoms with Gasteiger partial charge >= 0.3 is 5.97 Å². The molecule has 0 unspecified atom stereocenters. The Hall–Kier alpha value is -6.86. The van der Waals surface area contributed by atoms with Crippen molar-refractivity contribution < 1.29 is 53.4 Å². The van der Waals surface area contributed by atoms with Crippen molar-refractivity contribution >= 4 is 77.8 Å². The number of hydrogen-bond acceptors (Lipinski definition) is 13. The molecule has 1 aromatic carbocycles. The number of guanidine groups is 2. The highest BCUT2D eigenvalue weighted by molar-refractivity contribution is 7.81. The molecule has 0 spiro atoms. The van der Waals surface area contributed by atoms with Crippen LogP contribution in [0.4, 0.5) is 0 Å². The van der Waals surface area contributed by atoms with Crippen LogP contribution in [0.2, 0.25) is 0 Å². The lowest BCUT2D eigenvalue weighted by atomic mass is 9.85. The number of aromatic hydroxyl groups is 1. The summed E-state index contributed by atoms with van der Waals surface area (Å²) in [6.45, 7) is 14.0. The molecule has 0 bridgehead atoms. The van der Waals surface area contributed by atoms with Crippen molar-refractivity contribution in [1.82, 2.24) is 52.3 Å². The maximum Gasteiger partial charge on any atom is 0.326 e. The maximum atomic E-state index is 14.5. The monoisotopic (exact) mass is 1090 g/mol. The maximum absolute atomic E-state index is 14.5. The van der Waals surface area contributed by atoms with Gasteiger partial charge in [-0.3, -0.25) is 49.2 Å². The molecule has 26 heteroatoms. The van der Waals surface area contributed by atoms with Gasteiger partial charge in [0.15, 0.2) is 11.9 Å². The number of carbonyl (C=O) groups excluding carboxylic acids is 8. The molecule has 424 valence electrons. The largest absolute Gasteiger partial charge is 0.508 e. The van der Waals surface area contributed by atoms with Crippen molar-refractivity contribution in [3.8, 4) is 5.75 Å². The van der Waals surface area contributed by atoms with Gasteiger partial charge in [0.2, 0.25) is 47.3 Å². The molecule has 2 aliphatic heterocycles. The van der Waals surface area contributed by atoms with Crippen LogP contribution in [-0.4, -0.2) is 164 Å². The summed E-state index contributed by atoms with van der Waals surface area (Å²) < 4.78 is -0.976. The third-order valence-corrected chi connectivity index (χ3v) is 13.2. The predicted octanol–water partition coefficient (Wildman–Crippen LogP) is -0.743. The first-order valence-electron chi connectivity index (χ1n) is 25.7. The zero-order valence-electron chi connectivity index (χ0n) is 45.0. The lowest BCUT2D eigenvalue weighted by Crippen LogP contribution is -2.62. The van der Waals surface area contributed by atoms with E-state index >= 15 is 0 Å². The van der Waals surface area contributed by atoms with Crippen molar-refractivity contribution in [1.29, 1.82) is 10.8 Å². The second-order valence-corrected chi connectivity index (χ2v) is 22.7. The predicted molar refractivity (Wildman–Crippen MR) is 286 cm³/mol. The molecule has 8 atom stereocenters. The molecule has 2 fully saturated rings. The van der Waals surface area contributed by atoms with Crippen LogP contribution in [0.5, 0.6) is 5.75 Å². The summed E-state index contributed by atoms with van der Waals surface area (Å²) >= 11 is 4.55. The number of aliphatic carboxylic acids is 1. The lowest BCUT2D eigenvalue weighted by molar-refractivity contribution is -0.145. The van der Waals surface area contributed by atoms with E-state index in [-0.39, 0.29) is 94.7 Å². The number of carboxylic acid groups (broad SMARTS) is 1. The van der Waals surface area contributed by atoms with Crippen molar-refractivity contribution in [3.05, 3.63) is 29.8 Å². The van der Waals surface area contributed by atoms with E-state index in [1.165, 1.54) is 41.0 Å². The van der Waals surface area contributed by atoms with Gasteiger partial charge < -0.3 is 74.0 Å². The Morgan fingerprint density at radius 2 is 1.13 bits per heavy atom. The number of carbonyl (C=O) groups is 9. The van der Waals surface area contributed by atoms with Crippen molar-refractivity contribution in [2.45, 2.75) is 173 Å². The zero-order valence-corrected chi connectivity index (χ0v) is 45.9. The van der Waals surface area contributed by atoms with Gasteiger partial charge in [0.05, 0.1) is 0 Å². The second kappa shape index (κ2) is 28.9. The number of carboxylic acids is 1. The highest BCUT2D eigenvalue weighted by Gasteiger charge is 2.45. The minimum Gasteiger partial charge on any atom is -0.508 e. The standard InChI is InChI=1S/C50H82N14O11S/c1-27(2)25-33(60-42(70)36-16-12-24-64(36)45(73)38(50(7,8)76)57-28(3)65)44(72)63-23-11-15-35(63)41(69)58-32(14-10-22-56-48(53)54)40(68)62-37(49(4,5)6)43(71)59-31(13-9-21-55-47(51)52)39(67)61-34(46(74)75)26-29-17-19-30(66)20-18-29/h17-20,27,31-38,66,76H,9-16,21-26H2,1-8H3,(H,57,65)(H,58,69)(H,59,71)(H,60,70)(H,61,67)(H,62,68)(H,74,75)(H4,51,52,55)(H4,53,54,56)/t31-,32-,33-,34-,35-,36-,37+,38+/m0/s1. The smallest absolute Gasteiger partial charge is 0.326 e. The van der Waals surface area contributed by atoms with Gasteiger partial charge in [-0.2, -0.15) is 12.6 Å². The van der Waals surface area contributed by atoms with Crippen LogP contribution in [0.25, 0.3) is 0 Å². The highest BCUT2D eigenvalue weighted by atomic mass is 32.1. The molecule has 0 aliphatic carbocycles. The molecule has 76 heavy (non-hydrogen) atoms. The SMILES string of the molecule is CC(=O)N[C@H](C(=O)N1CCC[C@H]1C(=O)N[C@@H](CC(C)C)C(=O)N1CCC[C@H]1C(=O)N[C@@H](CCCNC(=N)N)C(=O)N[C@H](C(=O)N[C@@H](CCCNC(=N)N)C(=O)N[C@@H](Cc1ccc(O)cc1)C(=O)O)C(C)(C)C)C(C)(C)S. The van der Waals surface area contributed by atoms with Gasteiger partial charge in [-0.05, 0) is 101 Å². The Balaban J connectivity index is 1.88. The lowest BCUT2D eigenvalue weighted by Gasteiger charge is -2.35. The third-order valence-electron chi connectivity index (χ3n) is 12.9. The number of nitrogens with zero attached hydrogens (tertiary/aromatic N) is 2. The topological polar surface area (TPSA) is 397 Å². The number of phenolic OH excluding ortho intramolecular Hbond substituents is 1. The van der Waals surface area contributed by atoms with Gasteiger partial charge in [0.1, 0.15) is 54.1 Å². The Labute approximate surface area is 450 Å². The van der Waals surface area contributed by atoms with E-state index in [0.717, 1.165) is 0 Å². The molecular formula is C50H82N14O11S. The van der Waals surface area contributed by atoms with Gasteiger partial charge in [0.25, 0.3) is 0 Å². The number of nitrogens with two attached hydrogens (primary N) is 2. The highest BCUT2D eigenvalue weighted by Crippen LogP contribution is 2.27. The van der Waals surface area contributed by atoms with Gasteiger partial charge in [0, 0.05) is 44.3 Å². The molecule has 16 N–H and O–H groups in total.